The smallest absolute Gasteiger partial charge is 0.101 e. The number of aliphatic hydroxyl groups is 1. The summed E-state index contributed by atoms with van der Waals surface area (Å²) >= 11 is 0. The fourth-order valence-electron chi connectivity index (χ4n) is 2.11. The molecular formula is C16H16N2O. The first-order valence-corrected chi connectivity index (χ1v) is 6.26. The van der Waals surface area contributed by atoms with Crippen molar-refractivity contribution in [2.75, 3.05) is 11.4 Å². The summed E-state index contributed by atoms with van der Waals surface area (Å²) in [6.45, 7) is 2.78. The molecule has 0 aliphatic rings. The van der Waals surface area contributed by atoms with Gasteiger partial charge in [0.2, 0.25) is 0 Å². The summed E-state index contributed by atoms with van der Waals surface area (Å²) < 4.78 is 0. The first-order valence-electron chi connectivity index (χ1n) is 6.26. The van der Waals surface area contributed by atoms with E-state index in [1.165, 1.54) is 0 Å². The van der Waals surface area contributed by atoms with E-state index in [0.717, 1.165) is 23.5 Å². The van der Waals surface area contributed by atoms with E-state index in [1.807, 2.05) is 49.4 Å². The van der Waals surface area contributed by atoms with Crippen molar-refractivity contribution in [2.45, 2.75) is 13.5 Å². The van der Waals surface area contributed by atoms with Crippen LogP contribution in [0.25, 0.3) is 0 Å². The SMILES string of the molecule is CCN(c1ccccc1)c1ccc(CO)cc1C#N. The largest absolute Gasteiger partial charge is 0.392 e. The normalized spacial score (nSPS) is 9.95. The highest BCUT2D eigenvalue weighted by atomic mass is 16.3. The fourth-order valence-corrected chi connectivity index (χ4v) is 2.11. The Labute approximate surface area is 113 Å². The van der Waals surface area contributed by atoms with Crippen LogP contribution in [-0.2, 0) is 6.61 Å². The van der Waals surface area contributed by atoms with Gasteiger partial charge >= 0.3 is 0 Å². The number of hydrogen-bond acceptors (Lipinski definition) is 3. The summed E-state index contributed by atoms with van der Waals surface area (Å²) in [7, 11) is 0. The van der Waals surface area contributed by atoms with Gasteiger partial charge in [0, 0.05) is 12.2 Å². The van der Waals surface area contributed by atoms with E-state index in [1.54, 1.807) is 6.07 Å². The number of aliphatic hydroxyl groups excluding tert-OH is 1. The zero-order chi connectivity index (χ0) is 13.7. The van der Waals surface area contributed by atoms with E-state index < -0.39 is 0 Å². The molecule has 0 saturated carbocycles. The van der Waals surface area contributed by atoms with E-state index >= 15 is 0 Å². The van der Waals surface area contributed by atoms with Crippen LogP contribution in [0.5, 0.6) is 0 Å². The van der Waals surface area contributed by atoms with Crippen molar-refractivity contribution in [2.24, 2.45) is 0 Å². The van der Waals surface area contributed by atoms with E-state index in [4.69, 9.17) is 5.11 Å². The predicted octanol–water partition coefficient (Wildman–Crippen LogP) is 3.21. The van der Waals surface area contributed by atoms with Crippen LogP contribution in [-0.4, -0.2) is 11.7 Å². The maximum Gasteiger partial charge on any atom is 0.101 e. The standard InChI is InChI=1S/C16H16N2O/c1-2-18(15-6-4-3-5-7-15)16-9-8-13(12-19)10-14(16)11-17/h3-10,19H,2,12H2,1H3. The van der Waals surface area contributed by atoms with Crippen molar-refractivity contribution in [3.63, 3.8) is 0 Å². The lowest BCUT2D eigenvalue weighted by Gasteiger charge is -2.24. The molecule has 1 N–H and O–H groups in total. The van der Waals surface area contributed by atoms with Gasteiger partial charge in [-0.15, -0.1) is 0 Å². The second-order valence-corrected chi connectivity index (χ2v) is 4.20. The van der Waals surface area contributed by atoms with Gasteiger partial charge in [-0.1, -0.05) is 24.3 Å². The van der Waals surface area contributed by atoms with Gasteiger partial charge in [-0.25, -0.2) is 0 Å². The Kier molecular flexibility index (Phi) is 4.17. The van der Waals surface area contributed by atoms with E-state index in [0.29, 0.717) is 5.56 Å². The molecule has 2 aromatic carbocycles. The second-order valence-electron chi connectivity index (χ2n) is 4.20. The third kappa shape index (κ3) is 2.75. The maximum atomic E-state index is 9.27. The molecule has 0 fully saturated rings. The van der Waals surface area contributed by atoms with E-state index in [2.05, 4.69) is 11.0 Å². The fraction of sp³-hybridized carbons (Fsp3) is 0.188. The molecule has 3 heteroatoms. The highest BCUT2D eigenvalue weighted by molar-refractivity contribution is 5.69. The second kappa shape index (κ2) is 6.03. The number of para-hydroxylation sites is 1. The summed E-state index contributed by atoms with van der Waals surface area (Å²) in [5.41, 5.74) is 3.26. The quantitative estimate of drug-likeness (QED) is 0.908. The number of hydrogen-bond donors (Lipinski definition) is 1. The van der Waals surface area contributed by atoms with Crippen LogP contribution >= 0.6 is 0 Å². The molecule has 0 unspecified atom stereocenters. The Balaban J connectivity index is 2.47. The summed E-state index contributed by atoms with van der Waals surface area (Å²) in [6.07, 6.45) is 0. The molecule has 0 radical (unpaired) electrons. The van der Waals surface area contributed by atoms with Gasteiger partial charge in [-0.05, 0) is 36.8 Å². The summed E-state index contributed by atoms with van der Waals surface area (Å²) in [4.78, 5) is 2.08. The molecule has 96 valence electrons. The lowest BCUT2D eigenvalue weighted by atomic mass is 10.1. The number of nitriles is 1. The molecule has 0 aromatic heterocycles. The summed E-state index contributed by atoms with van der Waals surface area (Å²) in [5.74, 6) is 0. The minimum atomic E-state index is -0.0492. The summed E-state index contributed by atoms with van der Waals surface area (Å²) in [5, 5.41) is 18.4. The van der Waals surface area contributed by atoms with Crippen molar-refractivity contribution in [1.29, 1.82) is 5.26 Å². The zero-order valence-electron chi connectivity index (χ0n) is 10.9. The average molecular weight is 252 g/mol. The molecule has 0 aliphatic carbocycles. The highest BCUT2D eigenvalue weighted by Gasteiger charge is 2.12. The van der Waals surface area contributed by atoms with Gasteiger partial charge in [0.05, 0.1) is 17.9 Å². The van der Waals surface area contributed by atoms with Crippen LogP contribution in [0.15, 0.2) is 48.5 Å². The monoisotopic (exact) mass is 252 g/mol. The molecule has 3 nitrogen and oxygen atoms in total. The van der Waals surface area contributed by atoms with Gasteiger partial charge in [-0.2, -0.15) is 5.26 Å². The van der Waals surface area contributed by atoms with Crippen LogP contribution in [0.3, 0.4) is 0 Å². The van der Waals surface area contributed by atoms with Crippen LogP contribution in [0.1, 0.15) is 18.1 Å². The van der Waals surface area contributed by atoms with Gasteiger partial charge in [0.15, 0.2) is 0 Å². The molecule has 0 aliphatic heterocycles. The average Bonchev–Trinajstić information content (AvgIpc) is 2.49. The van der Waals surface area contributed by atoms with Crippen LogP contribution in [0, 0.1) is 11.3 Å². The molecule has 0 bridgehead atoms. The Morgan fingerprint density at radius 3 is 2.47 bits per heavy atom. The van der Waals surface area contributed by atoms with Crippen molar-refractivity contribution < 1.29 is 5.11 Å². The lowest BCUT2D eigenvalue weighted by molar-refractivity contribution is 0.282. The number of benzene rings is 2. The number of nitrogens with zero attached hydrogens (tertiary/aromatic N) is 2. The van der Waals surface area contributed by atoms with E-state index in [-0.39, 0.29) is 6.61 Å². The van der Waals surface area contributed by atoms with Crippen LogP contribution in [0.4, 0.5) is 11.4 Å². The van der Waals surface area contributed by atoms with Gasteiger partial charge in [-0.3, -0.25) is 0 Å². The van der Waals surface area contributed by atoms with Gasteiger partial charge in [0.1, 0.15) is 6.07 Å². The molecular weight excluding hydrogens is 236 g/mol. The third-order valence-electron chi connectivity index (χ3n) is 3.04. The molecule has 0 saturated heterocycles. The molecule has 0 amide bonds. The topological polar surface area (TPSA) is 47.3 Å². The van der Waals surface area contributed by atoms with Crippen LogP contribution in [0.2, 0.25) is 0 Å². The van der Waals surface area contributed by atoms with Crippen LogP contribution < -0.4 is 4.90 Å². The minimum absolute atomic E-state index is 0.0492. The molecule has 0 spiro atoms. The summed E-state index contributed by atoms with van der Waals surface area (Å²) in [6, 6.07) is 17.6. The Morgan fingerprint density at radius 1 is 1.16 bits per heavy atom. The minimum Gasteiger partial charge on any atom is -0.392 e. The first kappa shape index (κ1) is 13.1. The van der Waals surface area contributed by atoms with Gasteiger partial charge < -0.3 is 10.0 Å². The Hall–Kier alpha value is -2.31. The van der Waals surface area contributed by atoms with Crippen molar-refractivity contribution in [3.8, 4) is 6.07 Å². The molecule has 0 atom stereocenters. The predicted molar refractivity (Wildman–Crippen MR) is 76.2 cm³/mol. The zero-order valence-corrected chi connectivity index (χ0v) is 10.9. The molecule has 19 heavy (non-hydrogen) atoms. The van der Waals surface area contributed by atoms with Crippen molar-refractivity contribution in [1.82, 2.24) is 0 Å². The number of rotatable bonds is 4. The highest BCUT2D eigenvalue weighted by Crippen LogP contribution is 2.28. The Morgan fingerprint density at radius 2 is 1.89 bits per heavy atom. The maximum absolute atomic E-state index is 9.27. The molecule has 2 rings (SSSR count). The number of anilines is 2. The first-order chi connectivity index (χ1) is 9.30. The third-order valence-corrected chi connectivity index (χ3v) is 3.04. The van der Waals surface area contributed by atoms with E-state index in [9.17, 15) is 5.26 Å². The lowest BCUT2D eigenvalue weighted by Crippen LogP contribution is -2.17. The van der Waals surface area contributed by atoms with Crippen molar-refractivity contribution in [3.05, 3.63) is 59.7 Å². The molecule has 2 aromatic rings. The molecule has 0 heterocycles. The van der Waals surface area contributed by atoms with Crippen molar-refractivity contribution >= 4 is 11.4 Å². The Bertz CT molecular complexity index is 587. The van der Waals surface area contributed by atoms with Gasteiger partial charge in [0.25, 0.3) is 0 Å².